The Labute approximate surface area is 670 Å². The molecule has 19 aromatic carbocycles. The number of hydrogen-bond acceptors (Lipinski definition) is 0. The maximum absolute atomic E-state index is 2.43. The van der Waals surface area contributed by atoms with E-state index in [-0.39, 0.29) is 5.41 Å². The molecule has 0 bridgehead atoms. The van der Waals surface area contributed by atoms with Gasteiger partial charge in [-0.25, -0.2) is 0 Å². The molecular weight excluding hydrogens is 1390 g/mol. The predicted molar refractivity (Wildman–Crippen MR) is 489 cm³/mol. The zero-order valence-electron chi connectivity index (χ0n) is 64.3. The lowest BCUT2D eigenvalue weighted by Gasteiger charge is -2.22. The van der Waals surface area contributed by atoms with Crippen molar-refractivity contribution in [1.29, 1.82) is 0 Å². The van der Waals surface area contributed by atoms with Crippen molar-refractivity contribution in [2.45, 2.75) is 44.9 Å². The molecule has 2 heteroatoms. The average Bonchev–Trinajstić information content (AvgIpc) is 1.65. The van der Waals surface area contributed by atoms with Gasteiger partial charge in [0.1, 0.15) is 0 Å². The molecule has 0 fully saturated rings. The van der Waals surface area contributed by atoms with Crippen LogP contribution in [0.5, 0.6) is 0 Å². The smallest absolute Gasteiger partial charge is 0.0541 e. The second-order valence-corrected chi connectivity index (χ2v) is 31.9. The number of aromatic nitrogens is 2. The summed E-state index contributed by atoms with van der Waals surface area (Å²) in [6.07, 6.45) is 4.98. The minimum atomic E-state index is -0.0165. The molecule has 2 aliphatic rings. The molecule has 115 heavy (non-hydrogen) atoms. The van der Waals surface area contributed by atoms with Crippen LogP contribution in [0.3, 0.4) is 0 Å². The first-order valence-electron chi connectivity index (χ1n) is 40.7. The summed E-state index contributed by atoms with van der Waals surface area (Å²) in [5, 5.41) is 15.2. The Morgan fingerprint density at radius 3 is 0.957 bits per heavy atom. The molecule has 0 saturated carbocycles. The molecule has 0 N–H and O–H groups in total. The second-order valence-electron chi connectivity index (χ2n) is 31.9. The van der Waals surface area contributed by atoms with Crippen LogP contribution in [-0.4, -0.2) is 9.13 Å². The van der Waals surface area contributed by atoms with Crippen LogP contribution in [0.1, 0.15) is 48.9 Å². The van der Waals surface area contributed by atoms with Crippen molar-refractivity contribution in [3.8, 4) is 112 Å². The van der Waals surface area contributed by atoms with E-state index in [1.165, 1.54) is 229 Å². The topological polar surface area (TPSA) is 9.86 Å². The molecule has 2 heterocycles. The van der Waals surface area contributed by atoms with Crippen molar-refractivity contribution in [3.63, 3.8) is 0 Å². The van der Waals surface area contributed by atoms with Crippen molar-refractivity contribution in [1.82, 2.24) is 9.13 Å². The SMILES string of the molecule is CC1(C)c2ccccc2-c2ccc(-c3ccc(-c4ccc5c(c4)c4ccccc4n5-c4ccc(-c5c6ccccc6c(-c6ccccc6)c6ccccc56)cc4)cc3)cc21.c1ccc(-c2c3ccccc3c(-c3ccc(-n4c5ccccc5c5cc(-c6ccc(-c7cccc8c7CCCC8)cc6)ccc54)cc3)c3ccccc23)cc1. The molecule has 0 amide bonds. The zero-order valence-corrected chi connectivity index (χ0v) is 64.3. The fraction of sp³-hybridized carbons (Fsp3) is 0.0619. The highest BCUT2D eigenvalue weighted by atomic mass is 15.0. The van der Waals surface area contributed by atoms with Crippen LogP contribution in [0.15, 0.2) is 400 Å². The normalized spacial score (nSPS) is 12.9. The summed E-state index contributed by atoms with van der Waals surface area (Å²) in [4.78, 5) is 0. The van der Waals surface area contributed by atoms with Gasteiger partial charge in [-0.1, -0.05) is 347 Å². The molecule has 23 rings (SSSR count). The number of benzene rings is 19. The molecule has 0 radical (unpaired) electrons. The van der Waals surface area contributed by atoms with Gasteiger partial charge in [-0.05, 0) is 258 Å². The van der Waals surface area contributed by atoms with Crippen LogP contribution in [0.4, 0.5) is 0 Å². The maximum Gasteiger partial charge on any atom is 0.0541 e. The Balaban J connectivity index is 0.000000140. The van der Waals surface area contributed by atoms with Crippen molar-refractivity contribution < 1.29 is 0 Å². The largest absolute Gasteiger partial charge is 0.309 e. The lowest BCUT2D eigenvalue weighted by molar-refractivity contribution is 0.660. The molecular formula is C113H80N2. The van der Waals surface area contributed by atoms with Crippen LogP contribution >= 0.6 is 0 Å². The molecule has 2 aromatic heterocycles. The average molecular weight is 1470 g/mol. The molecule has 0 atom stereocenters. The predicted octanol–water partition coefficient (Wildman–Crippen LogP) is 30.7. The van der Waals surface area contributed by atoms with Gasteiger partial charge in [0.05, 0.1) is 22.1 Å². The third-order valence-electron chi connectivity index (χ3n) is 25.2. The number of rotatable bonds is 10. The third-order valence-corrected chi connectivity index (χ3v) is 25.2. The first-order valence-corrected chi connectivity index (χ1v) is 40.7. The molecule has 0 spiro atoms. The van der Waals surface area contributed by atoms with E-state index in [0.717, 1.165) is 11.4 Å². The van der Waals surface area contributed by atoms with Crippen LogP contribution in [0.25, 0.3) is 198 Å². The van der Waals surface area contributed by atoms with Gasteiger partial charge < -0.3 is 9.13 Å². The second kappa shape index (κ2) is 27.6. The zero-order chi connectivity index (χ0) is 76.2. The minimum absolute atomic E-state index is 0.0165. The Morgan fingerprint density at radius 2 is 0.513 bits per heavy atom. The van der Waals surface area contributed by atoms with Gasteiger partial charge in [0.25, 0.3) is 0 Å². The lowest BCUT2D eigenvalue weighted by atomic mass is 9.81. The lowest BCUT2D eigenvalue weighted by Crippen LogP contribution is -2.14. The fourth-order valence-corrected chi connectivity index (χ4v) is 19.8. The standard InChI is InChI=1S/C59H41N.C54H39N/c1-59(2)53-22-12-10-16-45(53)46-34-30-43(37-54(46)59)39-26-24-38(25-27-39)42-31-35-56-52(36-42)47-17-11-13-23-55(47)60(56)44-32-28-41(29-33-44)58-50-20-8-6-18-48(50)57(40-14-4-3-5-15-40)49-19-7-9-21-51(49)58;1-2-14-39(15-3-1)53-46-19-6-8-21-48(46)54(49-22-9-7-20-47(49)53)40-29-32-42(33-30-40)55-51-24-11-10-18-45(51)50-35-41(31-34-52(50)55)36-25-27-38(28-26-36)44-23-12-16-37-13-4-5-17-43(37)44/h3-37H,1-2H3;1-3,6-12,14-16,18-35H,4-5,13,17H2. The molecule has 0 aliphatic heterocycles. The fourth-order valence-electron chi connectivity index (χ4n) is 19.8. The summed E-state index contributed by atoms with van der Waals surface area (Å²) in [5.74, 6) is 0. The van der Waals surface area contributed by atoms with Crippen molar-refractivity contribution in [2.75, 3.05) is 0 Å². The summed E-state index contributed by atoms with van der Waals surface area (Å²) in [6, 6.07) is 148. The van der Waals surface area contributed by atoms with Gasteiger partial charge in [-0.3, -0.25) is 0 Å². The maximum atomic E-state index is 2.43. The summed E-state index contributed by atoms with van der Waals surface area (Å²) in [6.45, 7) is 4.70. The highest BCUT2D eigenvalue weighted by Gasteiger charge is 2.35. The van der Waals surface area contributed by atoms with E-state index in [0.29, 0.717) is 0 Å². The molecule has 21 aromatic rings. The van der Waals surface area contributed by atoms with Gasteiger partial charge in [-0.2, -0.15) is 0 Å². The third kappa shape index (κ3) is 11.3. The molecule has 542 valence electrons. The van der Waals surface area contributed by atoms with Gasteiger partial charge in [0.2, 0.25) is 0 Å². The van der Waals surface area contributed by atoms with Crippen LogP contribution in [-0.2, 0) is 18.3 Å². The molecule has 2 nitrogen and oxygen atoms in total. The number of fused-ring (bicyclic) bond motifs is 14. The molecule has 2 aliphatic carbocycles. The Morgan fingerprint density at radius 1 is 0.200 bits per heavy atom. The van der Waals surface area contributed by atoms with Gasteiger partial charge in [0, 0.05) is 38.3 Å². The van der Waals surface area contributed by atoms with E-state index in [1.54, 1.807) is 5.56 Å². The van der Waals surface area contributed by atoms with Crippen molar-refractivity contribution in [3.05, 3.63) is 423 Å². The molecule has 0 saturated heterocycles. The van der Waals surface area contributed by atoms with Crippen LogP contribution in [0, 0.1) is 0 Å². The van der Waals surface area contributed by atoms with Crippen LogP contribution in [0.2, 0.25) is 0 Å². The molecule has 0 unspecified atom stereocenters. The summed E-state index contributed by atoms with van der Waals surface area (Å²) in [5.41, 5.74) is 35.9. The van der Waals surface area contributed by atoms with Gasteiger partial charge in [0.15, 0.2) is 0 Å². The van der Waals surface area contributed by atoms with E-state index in [9.17, 15) is 0 Å². The summed E-state index contributed by atoms with van der Waals surface area (Å²) in [7, 11) is 0. The highest BCUT2D eigenvalue weighted by molar-refractivity contribution is 6.23. The monoisotopic (exact) mass is 1460 g/mol. The number of aryl methyl sites for hydroxylation is 1. The Kier molecular flexibility index (Phi) is 16.3. The van der Waals surface area contributed by atoms with Crippen molar-refractivity contribution >= 4 is 86.7 Å². The minimum Gasteiger partial charge on any atom is -0.309 e. The van der Waals surface area contributed by atoms with E-state index >= 15 is 0 Å². The van der Waals surface area contributed by atoms with Crippen molar-refractivity contribution in [2.24, 2.45) is 0 Å². The van der Waals surface area contributed by atoms with E-state index < -0.39 is 0 Å². The first-order chi connectivity index (χ1) is 56.8. The van der Waals surface area contributed by atoms with E-state index in [1.807, 2.05) is 0 Å². The van der Waals surface area contributed by atoms with Crippen LogP contribution < -0.4 is 0 Å². The number of para-hydroxylation sites is 2. The highest BCUT2D eigenvalue weighted by Crippen LogP contribution is 2.51. The van der Waals surface area contributed by atoms with Gasteiger partial charge >= 0.3 is 0 Å². The van der Waals surface area contributed by atoms with E-state index in [4.69, 9.17) is 0 Å². The Hall–Kier alpha value is -14.2. The van der Waals surface area contributed by atoms with Gasteiger partial charge in [-0.15, -0.1) is 0 Å². The summed E-state index contributed by atoms with van der Waals surface area (Å²) >= 11 is 0. The summed E-state index contributed by atoms with van der Waals surface area (Å²) < 4.78 is 4.85. The quantitative estimate of drug-likeness (QED) is 0.121. The number of hydrogen-bond donors (Lipinski definition) is 0. The first kappa shape index (κ1) is 67.7. The Bertz CT molecular complexity index is 7310. The number of nitrogens with zero attached hydrogens (tertiary/aromatic N) is 2. The van der Waals surface area contributed by atoms with E-state index in [2.05, 4.69) is 423 Å².